The molecule has 0 radical (unpaired) electrons. The van der Waals surface area contributed by atoms with E-state index >= 15 is 0 Å². The maximum absolute atomic E-state index is 12.2. The number of anilines is 1. The molecule has 0 atom stereocenters. The second-order valence-electron chi connectivity index (χ2n) is 4.83. The molecule has 0 aliphatic heterocycles. The van der Waals surface area contributed by atoms with E-state index in [2.05, 4.69) is 5.32 Å². The lowest BCUT2D eigenvalue weighted by atomic mass is 10.2. The largest absolute Gasteiger partial charge is 0.322 e. The lowest BCUT2D eigenvalue weighted by Gasteiger charge is -2.12. The van der Waals surface area contributed by atoms with E-state index in [0.717, 1.165) is 5.69 Å². The van der Waals surface area contributed by atoms with Crippen molar-refractivity contribution in [2.45, 2.75) is 0 Å². The van der Waals surface area contributed by atoms with Crippen LogP contribution in [0.1, 0.15) is 10.4 Å². The number of amides is 1. The quantitative estimate of drug-likeness (QED) is 0.635. The highest BCUT2D eigenvalue weighted by atomic mass is 35.5. The molecule has 0 aliphatic rings. The average Bonchev–Trinajstić information content (AvgIpc) is 3.05. The Labute approximate surface area is 148 Å². The molecule has 1 N–H and O–H groups in total. The number of halogens is 3. The topological polar surface area (TPSA) is 34.0 Å². The van der Waals surface area contributed by atoms with Gasteiger partial charge in [-0.1, -0.05) is 34.8 Å². The van der Waals surface area contributed by atoms with Crippen LogP contribution in [0, 0.1) is 0 Å². The van der Waals surface area contributed by atoms with Gasteiger partial charge in [0.15, 0.2) is 0 Å². The first-order valence-corrected chi connectivity index (χ1v) is 7.87. The van der Waals surface area contributed by atoms with Crippen LogP contribution in [0.15, 0.2) is 60.9 Å². The van der Waals surface area contributed by atoms with E-state index < -0.39 is 0 Å². The van der Waals surface area contributed by atoms with Crippen molar-refractivity contribution in [1.82, 2.24) is 4.57 Å². The Bertz CT molecular complexity index is 843. The van der Waals surface area contributed by atoms with Crippen LogP contribution in [0.4, 0.5) is 5.69 Å². The Morgan fingerprint density at radius 3 is 2.22 bits per heavy atom. The minimum absolute atomic E-state index is 0.284. The van der Waals surface area contributed by atoms with Gasteiger partial charge in [0.2, 0.25) is 0 Å². The molecule has 3 nitrogen and oxygen atoms in total. The van der Waals surface area contributed by atoms with Gasteiger partial charge in [-0.25, -0.2) is 0 Å². The molecule has 23 heavy (non-hydrogen) atoms. The van der Waals surface area contributed by atoms with Crippen molar-refractivity contribution >= 4 is 46.4 Å². The Balaban J connectivity index is 1.87. The predicted molar refractivity (Wildman–Crippen MR) is 95.2 cm³/mol. The van der Waals surface area contributed by atoms with Crippen LogP contribution in [-0.2, 0) is 0 Å². The molecule has 0 spiro atoms. The van der Waals surface area contributed by atoms with Gasteiger partial charge in [0.25, 0.3) is 5.91 Å². The summed E-state index contributed by atoms with van der Waals surface area (Å²) in [4.78, 5) is 12.2. The third-order valence-corrected chi connectivity index (χ3v) is 4.14. The molecule has 116 valence electrons. The van der Waals surface area contributed by atoms with Gasteiger partial charge >= 0.3 is 0 Å². The highest BCUT2D eigenvalue weighted by Crippen LogP contribution is 2.32. The zero-order valence-electron chi connectivity index (χ0n) is 11.8. The number of carbonyl (C=O) groups is 1. The molecule has 1 aromatic heterocycles. The van der Waals surface area contributed by atoms with Crippen LogP contribution in [-0.4, -0.2) is 10.5 Å². The fourth-order valence-corrected chi connectivity index (χ4v) is 2.71. The van der Waals surface area contributed by atoms with Crippen molar-refractivity contribution in [2.24, 2.45) is 0 Å². The molecule has 1 heterocycles. The monoisotopic (exact) mass is 364 g/mol. The zero-order valence-corrected chi connectivity index (χ0v) is 14.0. The fraction of sp³-hybridized carbons (Fsp3) is 0. The first-order valence-electron chi connectivity index (χ1n) is 6.74. The van der Waals surface area contributed by atoms with Gasteiger partial charge in [-0.3, -0.25) is 4.79 Å². The van der Waals surface area contributed by atoms with E-state index in [1.807, 2.05) is 29.1 Å². The second kappa shape index (κ2) is 6.67. The highest BCUT2D eigenvalue weighted by molar-refractivity contribution is 6.37. The summed E-state index contributed by atoms with van der Waals surface area (Å²) < 4.78 is 1.85. The summed E-state index contributed by atoms with van der Waals surface area (Å²) in [5.74, 6) is -0.284. The summed E-state index contributed by atoms with van der Waals surface area (Å²) in [5.41, 5.74) is 1.68. The number of benzene rings is 2. The second-order valence-corrected chi connectivity index (χ2v) is 6.09. The lowest BCUT2D eigenvalue weighted by molar-refractivity contribution is 0.102. The Kier molecular flexibility index (Phi) is 4.62. The number of aromatic nitrogens is 1. The number of nitrogens with one attached hydrogen (secondary N) is 1. The third-order valence-electron chi connectivity index (χ3n) is 3.27. The molecule has 0 unspecified atom stereocenters. The van der Waals surface area contributed by atoms with Gasteiger partial charge < -0.3 is 9.88 Å². The minimum Gasteiger partial charge on any atom is -0.322 e. The van der Waals surface area contributed by atoms with E-state index in [4.69, 9.17) is 34.8 Å². The number of rotatable bonds is 3. The molecule has 1 amide bonds. The molecular weight excluding hydrogens is 355 g/mol. The van der Waals surface area contributed by atoms with Crippen LogP contribution in [0.2, 0.25) is 15.1 Å². The van der Waals surface area contributed by atoms with Crippen molar-refractivity contribution in [2.75, 3.05) is 5.32 Å². The number of nitrogens with zero attached hydrogens (tertiary/aromatic N) is 1. The highest BCUT2D eigenvalue weighted by Gasteiger charge is 2.12. The van der Waals surface area contributed by atoms with Gasteiger partial charge in [0.05, 0.1) is 21.4 Å². The van der Waals surface area contributed by atoms with Crippen LogP contribution in [0.5, 0.6) is 0 Å². The summed E-state index contributed by atoms with van der Waals surface area (Å²) in [6, 6.07) is 13.7. The summed E-state index contributed by atoms with van der Waals surface area (Å²) in [6.45, 7) is 0. The lowest BCUT2D eigenvalue weighted by Crippen LogP contribution is -2.12. The Morgan fingerprint density at radius 1 is 0.913 bits per heavy atom. The maximum Gasteiger partial charge on any atom is 0.255 e. The van der Waals surface area contributed by atoms with E-state index in [1.165, 1.54) is 0 Å². The molecule has 0 saturated carbocycles. The molecule has 0 aliphatic carbocycles. The average molecular weight is 366 g/mol. The molecule has 3 rings (SSSR count). The van der Waals surface area contributed by atoms with Crippen LogP contribution in [0.25, 0.3) is 5.69 Å². The molecule has 0 fully saturated rings. The number of hydrogen-bond acceptors (Lipinski definition) is 1. The van der Waals surface area contributed by atoms with Gasteiger partial charge in [0.1, 0.15) is 0 Å². The smallest absolute Gasteiger partial charge is 0.255 e. The SMILES string of the molecule is O=C(Nc1cc(Cl)c(-n2cccc2)cc1Cl)c1ccc(Cl)cc1. The van der Waals surface area contributed by atoms with Crippen LogP contribution < -0.4 is 5.32 Å². The van der Waals surface area contributed by atoms with Crippen molar-refractivity contribution in [1.29, 1.82) is 0 Å². The minimum atomic E-state index is -0.284. The Morgan fingerprint density at radius 2 is 1.57 bits per heavy atom. The summed E-state index contributed by atoms with van der Waals surface area (Å²) >= 11 is 18.4. The number of hydrogen-bond donors (Lipinski definition) is 1. The third kappa shape index (κ3) is 3.53. The van der Waals surface area contributed by atoms with Crippen LogP contribution >= 0.6 is 34.8 Å². The summed E-state index contributed by atoms with van der Waals surface area (Å²) in [7, 11) is 0. The predicted octanol–water partition coefficient (Wildman–Crippen LogP) is 5.69. The Hall–Kier alpha value is -1.94. The summed E-state index contributed by atoms with van der Waals surface area (Å²) in [5, 5.41) is 4.21. The molecule has 0 saturated heterocycles. The van der Waals surface area contributed by atoms with Gasteiger partial charge in [-0.05, 0) is 48.5 Å². The standard InChI is InChI=1S/C17H11Cl3N2O/c18-12-5-3-11(4-6-12)17(23)21-15-9-14(20)16(10-13(15)19)22-7-1-2-8-22/h1-10H,(H,21,23). The van der Waals surface area contributed by atoms with E-state index in [-0.39, 0.29) is 5.91 Å². The normalized spacial score (nSPS) is 10.6. The van der Waals surface area contributed by atoms with Crippen molar-refractivity contribution in [3.05, 3.63) is 81.6 Å². The van der Waals surface area contributed by atoms with Gasteiger partial charge in [0, 0.05) is 23.0 Å². The fourth-order valence-electron chi connectivity index (χ4n) is 2.12. The van der Waals surface area contributed by atoms with Crippen molar-refractivity contribution in [3.63, 3.8) is 0 Å². The first-order chi connectivity index (χ1) is 11.0. The van der Waals surface area contributed by atoms with Crippen LogP contribution in [0.3, 0.4) is 0 Å². The van der Waals surface area contributed by atoms with E-state index in [0.29, 0.717) is 26.3 Å². The van der Waals surface area contributed by atoms with Gasteiger partial charge in [-0.2, -0.15) is 0 Å². The van der Waals surface area contributed by atoms with E-state index in [9.17, 15) is 4.79 Å². The maximum atomic E-state index is 12.2. The molecule has 2 aromatic carbocycles. The first kappa shape index (κ1) is 15.9. The van der Waals surface area contributed by atoms with Crippen molar-refractivity contribution < 1.29 is 4.79 Å². The molecule has 0 bridgehead atoms. The van der Waals surface area contributed by atoms with E-state index in [1.54, 1.807) is 36.4 Å². The summed E-state index contributed by atoms with van der Waals surface area (Å²) in [6.07, 6.45) is 3.73. The molecule has 6 heteroatoms. The van der Waals surface area contributed by atoms with Crippen molar-refractivity contribution in [3.8, 4) is 5.69 Å². The molecule has 3 aromatic rings. The molecular formula is C17H11Cl3N2O. The van der Waals surface area contributed by atoms with Gasteiger partial charge in [-0.15, -0.1) is 0 Å². The zero-order chi connectivity index (χ0) is 16.4. The number of carbonyl (C=O) groups excluding carboxylic acids is 1.